The number of amides is 1. The van der Waals surface area contributed by atoms with E-state index in [4.69, 9.17) is 9.47 Å². The molecule has 2 atom stereocenters. The third kappa shape index (κ3) is 2.92. The standard InChI is InChI=1S/C22H18BrNO4/c23-16-10-20-19(27-11-28-20)8-14(16)15-9-21(26)24-17-6-13(7-18(25)22(15)17)12-4-2-1-3-5-12/h1-5,8,10,13,15H,6-7,9,11H2,(H,24,26). The minimum atomic E-state index is -0.281. The highest BCUT2D eigenvalue weighted by molar-refractivity contribution is 9.10. The maximum absolute atomic E-state index is 13.2. The van der Waals surface area contributed by atoms with Gasteiger partial charge in [0.25, 0.3) is 0 Å². The van der Waals surface area contributed by atoms with Gasteiger partial charge in [-0.05, 0) is 35.6 Å². The van der Waals surface area contributed by atoms with Gasteiger partial charge in [-0.25, -0.2) is 0 Å². The Morgan fingerprint density at radius 3 is 2.50 bits per heavy atom. The van der Waals surface area contributed by atoms with E-state index in [9.17, 15) is 9.59 Å². The third-order valence-electron chi connectivity index (χ3n) is 5.67. The molecular formula is C22H18BrNO4. The van der Waals surface area contributed by atoms with Gasteiger partial charge in [-0.1, -0.05) is 46.3 Å². The van der Waals surface area contributed by atoms with Crippen LogP contribution in [0.25, 0.3) is 0 Å². The van der Waals surface area contributed by atoms with Gasteiger partial charge in [0.15, 0.2) is 17.3 Å². The van der Waals surface area contributed by atoms with E-state index in [0.717, 1.165) is 26.9 Å². The summed E-state index contributed by atoms with van der Waals surface area (Å²) in [6.45, 7) is 0.183. The number of Topliss-reactive ketones (excluding diaryl/α,β-unsaturated/α-hetero) is 1. The lowest BCUT2D eigenvalue weighted by Gasteiger charge is -2.34. The molecule has 142 valence electrons. The number of ether oxygens (including phenoxy) is 2. The van der Waals surface area contributed by atoms with Crippen molar-refractivity contribution in [1.29, 1.82) is 0 Å². The highest BCUT2D eigenvalue weighted by atomic mass is 79.9. The number of benzene rings is 2. The first-order valence-corrected chi connectivity index (χ1v) is 10.1. The second-order valence-corrected chi connectivity index (χ2v) is 8.22. The lowest BCUT2D eigenvalue weighted by atomic mass is 9.73. The van der Waals surface area contributed by atoms with Crippen molar-refractivity contribution in [3.8, 4) is 11.5 Å². The van der Waals surface area contributed by atoms with Gasteiger partial charge in [0.05, 0.1) is 0 Å². The highest BCUT2D eigenvalue weighted by Gasteiger charge is 2.39. The van der Waals surface area contributed by atoms with Crippen molar-refractivity contribution in [2.75, 3.05) is 6.79 Å². The molecule has 0 fully saturated rings. The van der Waals surface area contributed by atoms with E-state index in [1.54, 1.807) is 0 Å². The van der Waals surface area contributed by atoms with E-state index in [-0.39, 0.29) is 36.7 Å². The quantitative estimate of drug-likeness (QED) is 0.761. The van der Waals surface area contributed by atoms with Crippen LogP contribution in [0.2, 0.25) is 0 Å². The van der Waals surface area contributed by atoms with Crippen molar-refractivity contribution in [2.45, 2.75) is 31.1 Å². The van der Waals surface area contributed by atoms with Crippen LogP contribution < -0.4 is 14.8 Å². The number of ketones is 1. The van der Waals surface area contributed by atoms with Crippen LogP contribution in [0.15, 0.2) is 58.2 Å². The molecule has 1 N–H and O–H groups in total. The number of hydrogen-bond donors (Lipinski definition) is 1. The lowest BCUT2D eigenvalue weighted by Crippen LogP contribution is -2.38. The number of carbonyl (C=O) groups excluding carboxylic acids is 2. The van der Waals surface area contributed by atoms with Crippen molar-refractivity contribution < 1.29 is 19.1 Å². The number of nitrogens with one attached hydrogen (secondary N) is 1. The van der Waals surface area contributed by atoms with Gasteiger partial charge >= 0.3 is 0 Å². The SMILES string of the molecule is O=C1CC(c2cc3c(cc2Br)OCO3)C2=C(CC(c3ccccc3)CC2=O)N1. The Hall–Kier alpha value is -2.60. The van der Waals surface area contributed by atoms with E-state index < -0.39 is 0 Å². The van der Waals surface area contributed by atoms with Gasteiger partial charge < -0.3 is 14.8 Å². The lowest BCUT2D eigenvalue weighted by molar-refractivity contribution is -0.122. The van der Waals surface area contributed by atoms with Gasteiger partial charge in [0.2, 0.25) is 12.7 Å². The summed E-state index contributed by atoms with van der Waals surface area (Å²) in [5, 5.41) is 2.97. The van der Waals surface area contributed by atoms with Gasteiger partial charge in [-0.3, -0.25) is 9.59 Å². The van der Waals surface area contributed by atoms with Crippen LogP contribution >= 0.6 is 15.9 Å². The zero-order valence-corrected chi connectivity index (χ0v) is 16.6. The summed E-state index contributed by atoms with van der Waals surface area (Å²) in [5.41, 5.74) is 3.50. The molecule has 3 aliphatic rings. The average Bonchev–Trinajstić information content (AvgIpc) is 3.14. The number of halogens is 1. The predicted octanol–water partition coefficient (Wildman–Crippen LogP) is 4.18. The number of fused-ring (bicyclic) bond motifs is 1. The van der Waals surface area contributed by atoms with Gasteiger partial charge in [0, 0.05) is 34.5 Å². The monoisotopic (exact) mass is 439 g/mol. The topological polar surface area (TPSA) is 64.6 Å². The van der Waals surface area contributed by atoms with Crippen LogP contribution in [0.4, 0.5) is 0 Å². The molecule has 2 aromatic carbocycles. The Balaban J connectivity index is 1.56. The molecule has 1 amide bonds. The van der Waals surface area contributed by atoms with Crippen LogP contribution in [-0.4, -0.2) is 18.5 Å². The summed E-state index contributed by atoms with van der Waals surface area (Å²) in [6, 6.07) is 13.8. The molecule has 2 unspecified atom stereocenters. The molecule has 0 radical (unpaired) electrons. The Morgan fingerprint density at radius 1 is 0.964 bits per heavy atom. The fourth-order valence-corrected chi connectivity index (χ4v) is 4.99. The van der Waals surface area contributed by atoms with Crippen molar-refractivity contribution in [3.63, 3.8) is 0 Å². The summed E-state index contributed by atoms with van der Waals surface area (Å²) in [4.78, 5) is 25.6. The van der Waals surface area contributed by atoms with E-state index in [1.165, 1.54) is 0 Å². The molecule has 2 aromatic rings. The fourth-order valence-electron chi connectivity index (χ4n) is 4.39. The van der Waals surface area contributed by atoms with Crippen molar-refractivity contribution >= 4 is 27.6 Å². The van der Waals surface area contributed by atoms with Crippen LogP contribution in [0.1, 0.15) is 42.2 Å². The van der Waals surface area contributed by atoms with E-state index in [2.05, 4.69) is 21.2 Å². The average molecular weight is 440 g/mol. The van der Waals surface area contributed by atoms with Crippen molar-refractivity contribution in [1.82, 2.24) is 5.32 Å². The largest absolute Gasteiger partial charge is 0.454 e. The van der Waals surface area contributed by atoms with Gasteiger partial charge in [0.1, 0.15) is 0 Å². The first kappa shape index (κ1) is 17.5. The van der Waals surface area contributed by atoms with Crippen molar-refractivity contribution in [3.05, 3.63) is 69.3 Å². The summed E-state index contributed by atoms with van der Waals surface area (Å²) in [7, 11) is 0. The van der Waals surface area contributed by atoms with Crippen LogP contribution in [0, 0.1) is 0 Å². The van der Waals surface area contributed by atoms with Gasteiger partial charge in [-0.15, -0.1) is 0 Å². The third-order valence-corrected chi connectivity index (χ3v) is 6.36. The number of allylic oxidation sites excluding steroid dienone is 2. The van der Waals surface area contributed by atoms with Crippen molar-refractivity contribution in [2.24, 2.45) is 0 Å². The molecule has 2 aliphatic heterocycles. The molecule has 1 aliphatic carbocycles. The van der Waals surface area contributed by atoms with Gasteiger partial charge in [-0.2, -0.15) is 0 Å². The molecule has 0 bridgehead atoms. The molecular weight excluding hydrogens is 422 g/mol. The molecule has 0 saturated heterocycles. The number of rotatable bonds is 2. The Labute approximate surface area is 170 Å². The summed E-state index contributed by atoms with van der Waals surface area (Å²) in [5.74, 6) is 1.17. The fraction of sp³-hybridized carbons (Fsp3) is 0.273. The molecule has 2 heterocycles. The van der Waals surface area contributed by atoms with E-state index in [1.807, 2.05) is 42.5 Å². The Kier molecular flexibility index (Phi) is 4.23. The molecule has 5 rings (SSSR count). The Morgan fingerprint density at radius 2 is 1.71 bits per heavy atom. The summed E-state index contributed by atoms with van der Waals surface area (Å²) in [6.07, 6.45) is 1.37. The molecule has 0 saturated carbocycles. The normalized spacial score (nSPS) is 23.5. The summed E-state index contributed by atoms with van der Waals surface area (Å²) < 4.78 is 11.7. The summed E-state index contributed by atoms with van der Waals surface area (Å²) >= 11 is 3.59. The Bertz CT molecular complexity index is 1010. The van der Waals surface area contributed by atoms with E-state index in [0.29, 0.717) is 24.3 Å². The predicted molar refractivity (Wildman–Crippen MR) is 106 cm³/mol. The second-order valence-electron chi connectivity index (χ2n) is 7.36. The molecule has 0 spiro atoms. The maximum atomic E-state index is 13.2. The first-order chi connectivity index (χ1) is 13.6. The number of hydrogen-bond acceptors (Lipinski definition) is 4. The minimum absolute atomic E-state index is 0.0603. The smallest absolute Gasteiger partial charge is 0.231 e. The molecule has 6 heteroatoms. The molecule has 28 heavy (non-hydrogen) atoms. The zero-order chi connectivity index (χ0) is 19.3. The van der Waals surface area contributed by atoms with Crippen LogP contribution in [0.3, 0.4) is 0 Å². The van der Waals surface area contributed by atoms with Crippen LogP contribution in [0.5, 0.6) is 11.5 Å². The van der Waals surface area contributed by atoms with Crippen LogP contribution in [-0.2, 0) is 9.59 Å². The van der Waals surface area contributed by atoms with E-state index >= 15 is 0 Å². The number of carbonyl (C=O) groups is 2. The molecule has 0 aromatic heterocycles. The minimum Gasteiger partial charge on any atom is -0.454 e. The highest BCUT2D eigenvalue weighted by Crippen LogP contribution is 2.47. The zero-order valence-electron chi connectivity index (χ0n) is 15.0. The second kappa shape index (κ2) is 6.78. The maximum Gasteiger partial charge on any atom is 0.231 e. The molecule has 5 nitrogen and oxygen atoms in total. The first-order valence-electron chi connectivity index (χ1n) is 9.30.